The van der Waals surface area contributed by atoms with E-state index in [9.17, 15) is 9.18 Å². The summed E-state index contributed by atoms with van der Waals surface area (Å²) in [5, 5.41) is 14.6. The van der Waals surface area contributed by atoms with E-state index in [2.05, 4.69) is 20.4 Å². The van der Waals surface area contributed by atoms with E-state index in [1.54, 1.807) is 30.3 Å². The van der Waals surface area contributed by atoms with E-state index in [1.807, 2.05) is 30.3 Å². The molecule has 0 aliphatic rings. The molecule has 0 saturated heterocycles. The molecule has 144 valence electrons. The van der Waals surface area contributed by atoms with E-state index in [0.717, 1.165) is 11.3 Å². The van der Waals surface area contributed by atoms with Crippen LogP contribution in [0.25, 0.3) is 6.08 Å². The lowest BCUT2D eigenvalue weighted by Gasteiger charge is -2.11. The van der Waals surface area contributed by atoms with E-state index < -0.39 is 11.8 Å². The second kappa shape index (κ2) is 9.15. The summed E-state index contributed by atoms with van der Waals surface area (Å²) in [6.45, 7) is 0. The van der Waals surface area contributed by atoms with Crippen molar-refractivity contribution in [2.45, 2.75) is 0 Å². The molecule has 1 aromatic heterocycles. The molecule has 3 aromatic rings. The van der Waals surface area contributed by atoms with Crippen LogP contribution in [0.5, 0.6) is 0 Å². The topological polar surface area (TPSA) is 87.0 Å². The third-order valence-electron chi connectivity index (χ3n) is 3.95. The Bertz CT molecular complexity index is 1070. The van der Waals surface area contributed by atoms with Gasteiger partial charge in [0.15, 0.2) is 11.6 Å². The number of methoxy groups -OCH3 is 1. The van der Waals surface area contributed by atoms with Crippen LogP contribution in [-0.4, -0.2) is 18.1 Å². The van der Waals surface area contributed by atoms with E-state index in [0.29, 0.717) is 17.1 Å². The Morgan fingerprint density at radius 3 is 2.34 bits per heavy atom. The normalized spacial score (nSPS) is 10.4. The van der Waals surface area contributed by atoms with Crippen LogP contribution >= 0.6 is 0 Å². The van der Waals surface area contributed by atoms with Gasteiger partial charge >= 0.3 is 5.97 Å². The number of benzene rings is 2. The zero-order valence-corrected chi connectivity index (χ0v) is 15.5. The summed E-state index contributed by atoms with van der Waals surface area (Å²) >= 11 is 0. The zero-order chi connectivity index (χ0) is 20.6. The Hall–Kier alpha value is -4.18. The van der Waals surface area contributed by atoms with Gasteiger partial charge in [0.05, 0.1) is 18.7 Å². The van der Waals surface area contributed by atoms with E-state index in [1.165, 1.54) is 25.3 Å². The summed E-state index contributed by atoms with van der Waals surface area (Å²) < 4.78 is 18.8. The summed E-state index contributed by atoms with van der Waals surface area (Å²) in [6.07, 6.45) is 3.10. The average Bonchev–Trinajstić information content (AvgIpc) is 2.75. The molecule has 29 heavy (non-hydrogen) atoms. The molecule has 0 amide bonds. The number of nitrogens with zero attached hydrogens (tertiary/aromatic N) is 2. The van der Waals surface area contributed by atoms with Crippen LogP contribution in [0, 0.1) is 17.1 Å². The maximum Gasteiger partial charge on any atom is 0.337 e. The van der Waals surface area contributed by atoms with E-state index in [-0.39, 0.29) is 5.82 Å². The number of carbonyl (C=O) groups is 1. The zero-order valence-electron chi connectivity index (χ0n) is 15.5. The van der Waals surface area contributed by atoms with Crippen molar-refractivity contribution in [2.75, 3.05) is 17.7 Å². The number of hydrogen-bond donors (Lipinski definition) is 2. The monoisotopic (exact) mass is 388 g/mol. The predicted octanol–water partition coefficient (Wildman–Crippen LogP) is 5.03. The smallest absolute Gasteiger partial charge is 0.337 e. The molecule has 0 aliphatic heterocycles. The minimum absolute atomic E-state index is 0.0504. The lowest BCUT2D eigenvalue weighted by Crippen LogP contribution is -2.03. The molecule has 0 atom stereocenters. The largest absolute Gasteiger partial charge is 0.465 e. The summed E-state index contributed by atoms with van der Waals surface area (Å²) in [5.41, 5.74) is 2.64. The second-order valence-electron chi connectivity index (χ2n) is 5.93. The van der Waals surface area contributed by atoms with Gasteiger partial charge < -0.3 is 15.4 Å². The molecule has 2 N–H and O–H groups in total. The fraction of sp³-hybridized carbons (Fsp3) is 0.0455. The molecule has 6 nitrogen and oxygen atoms in total. The highest BCUT2D eigenvalue weighted by atomic mass is 19.1. The molecule has 3 rings (SSSR count). The number of allylic oxidation sites excluding steroid dienone is 1. The Labute approximate surface area is 167 Å². The number of aromatic nitrogens is 1. The van der Waals surface area contributed by atoms with Gasteiger partial charge in [0, 0.05) is 17.5 Å². The third-order valence-corrected chi connectivity index (χ3v) is 3.95. The Balaban J connectivity index is 1.73. The Morgan fingerprint density at radius 1 is 1.03 bits per heavy atom. The maximum absolute atomic E-state index is 14.2. The minimum Gasteiger partial charge on any atom is -0.465 e. The van der Waals surface area contributed by atoms with Gasteiger partial charge in [-0.05, 0) is 60.2 Å². The van der Waals surface area contributed by atoms with Gasteiger partial charge in [0.25, 0.3) is 0 Å². The van der Waals surface area contributed by atoms with Crippen molar-refractivity contribution in [2.24, 2.45) is 0 Å². The van der Waals surface area contributed by atoms with Crippen molar-refractivity contribution in [3.8, 4) is 6.07 Å². The summed E-state index contributed by atoms with van der Waals surface area (Å²) in [4.78, 5) is 15.7. The number of ether oxygens (including phenoxy) is 1. The Morgan fingerprint density at radius 2 is 1.69 bits per heavy atom. The number of anilines is 4. The molecule has 0 bridgehead atoms. The van der Waals surface area contributed by atoms with Crippen LogP contribution in [0.15, 0.2) is 66.7 Å². The first-order valence-corrected chi connectivity index (χ1v) is 8.64. The number of hydrogen-bond acceptors (Lipinski definition) is 6. The van der Waals surface area contributed by atoms with Crippen LogP contribution in [-0.2, 0) is 4.74 Å². The van der Waals surface area contributed by atoms with Crippen LogP contribution in [0.2, 0.25) is 0 Å². The molecule has 0 fully saturated rings. The molecule has 0 unspecified atom stereocenters. The standard InChI is InChI=1S/C22H17FN4O2/c1-29-22(28)16-6-10-18(11-7-16)26-21-19(23)12-13-20(27-21)25-17-8-4-15(5-9-17)3-2-14-24/h2-13H,1H3,(H2,25,26,27)/b3-2+. The van der Waals surface area contributed by atoms with Crippen molar-refractivity contribution in [3.63, 3.8) is 0 Å². The predicted molar refractivity (Wildman–Crippen MR) is 110 cm³/mol. The lowest BCUT2D eigenvalue weighted by atomic mass is 10.2. The molecule has 2 aromatic carbocycles. The van der Waals surface area contributed by atoms with Gasteiger partial charge in [-0.3, -0.25) is 0 Å². The SMILES string of the molecule is COC(=O)c1ccc(Nc2nc(Nc3ccc(/C=C/C#N)cc3)ccc2F)cc1. The van der Waals surface area contributed by atoms with Gasteiger partial charge in [-0.2, -0.15) is 5.26 Å². The number of nitriles is 1. The van der Waals surface area contributed by atoms with Crippen LogP contribution in [0.4, 0.5) is 27.4 Å². The van der Waals surface area contributed by atoms with E-state index in [4.69, 9.17) is 5.26 Å². The molecular weight excluding hydrogens is 371 g/mol. The van der Waals surface area contributed by atoms with Crippen LogP contribution < -0.4 is 10.6 Å². The quantitative estimate of drug-likeness (QED) is 0.455. The first-order chi connectivity index (χ1) is 14.1. The van der Waals surface area contributed by atoms with Crippen molar-refractivity contribution < 1.29 is 13.9 Å². The van der Waals surface area contributed by atoms with E-state index >= 15 is 0 Å². The first-order valence-electron chi connectivity index (χ1n) is 8.64. The number of nitrogens with one attached hydrogen (secondary N) is 2. The average molecular weight is 388 g/mol. The molecule has 0 saturated carbocycles. The molecule has 0 aliphatic carbocycles. The molecule has 7 heteroatoms. The van der Waals surface area contributed by atoms with Crippen LogP contribution in [0.1, 0.15) is 15.9 Å². The van der Waals surface area contributed by atoms with Gasteiger partial charge in [0.2, 0.25) is 0 Å². The van der Waals surface area contributed by atoms with Crippen molar-refractivity contribution in [1.82, 2.24) is 4.98 Å². The fourth-order valence-corrected chi connectivity index (χ4v) is 2.50. The van der Waals surface area contributed by atoms with Gasteiger partial charge in [-0.15, -0.1) is 0 Å². The third kappa shape index (κ3) is 5.17. The Kier molecular flexibility index (Phi) is 6.18. The first kappa shape index (κ1) is 19.6. The molecule has 0 radical (unpaired) electrons. The number of esters is 1. The highest BCUT2D eigenvalue weighted by Crippen LogP contribution is 2.23. The lowest BCUT2D eigenvalue weighted by molar-refractivity contribution is 0.0601. The van der Waals surface area contributed by atoms with Gasteiger partial charge in [0.1, 0.15) is 5.82 Å². The van der Waals surface area contributed by atoms with Crippen molar-refractivity contribution in [3.05, 3.63) is 83.7 Å². The molecule has 1 heterocycles. The number of halogens is 1. The molecule has 0 spiro atoms. The molecular formula is C22H17FN4O2. The van der Waals surface area contributed by atoms with Gasteiger partial charge in [-0.1, -0.05) is 12.1 Å². The number of carbonyl (C=O) groups excluding carboxylic acids is 1. The number of rotatable bonds is 6. The van der Waals surface area contributed by atoms with Crippen molar-refractivity contribution >= 4 is 35.1 Å². The number of pyridine rings is 1. The van der Waals surface area contributed by atoms with Crippen LogP contribution in [0.3, 0.4) is 0 Å². The second-order valence-corrected chi connectivity index (χ2v) is 5.93. The van der Waals surface area contributed by atoms with Crippen molar-refractivity contribution in [1.29, 1.82) is 5.26 Å². The minimum atomic E-state index is -0.510. The highest BCUT2D eigenvalue weighted by Gasteiger charge is 2.08. The fourth-order valence-electron chi connectivity index (χ4n) is 2.50. The summed E-state index contributed by atoms with van der Waals surface area (Å²) in [5.74, 6) is -0.444. The summed E-state index contributed by atoms with van der Waals surface area (Å²) in [6, 6.07) is 18.6. The maximum atomic E-state index is 14.2. The summed E-state index contributed by atoms with van der Waals surface area (Å²) in [7, 11) is 1.31. The van der Waals surface area contributed by atoms with Gasteiger partial charge in [-0.25, -0.2) is 14.2 Å². The highest BCUT2D eigenvalue weighted by molar-refractivity contribution is 5.89.